The van der Waals surface area contributed by atoms with Crippen LogP contribution >= 0.6 is 11.6 Å². The number of Topliss-reactive ketones (excluding diaryl/α,β-unsaturated/α-hetero) is 2. The number of hydrogen-bond acceptors (Lipinski definition) is 4. The van der Waals surface area contributed by atoms with Crippen molar-refractivity contribution in [2.75, 3.05) is 10.2 Å². The van der Waals surface area contributed by atoms with Crippen molar-refractivity contribution in [2.45, 2.75) is 31.3 Å². The molecular formula is C29H23ClN2O3. The van der Waals surface area contributed by atoms with Crippen molar-refractivity contribution in [1.82, 2.24) is 0 Å². The van der Waals surface area contributed by atoms with E-state index in [4.69, 9.17) is 11.6 Å². The summed E-state index contributed by atoms with van der Waals surface area (Å²) in [6.45, 7) is 3.51. The Morgan fingerprint density at radius 2 is 1.66 bits per heavy atom. The van der Waals surface area contributed by atoms with Crippen LogP contribution in [0, 0.1) is 5.92 Å². The molecule has 0 aromatic heterocycles. The molecule has 1 N–H and O–H groups in total. The molecule has 1 saturated heterocycles. The number of carbonyl (C=O) groups is 3. The molecule has 0 bridgehead atoms. The monoisotopic (exact) mass is 482 g/mol. The van der Waals surface area contributed by atoms with Crippen LogP contribution in [0.4, 0.5) is 11.4 Å². The van der Waals surface area contributed by atoms with Crippen LogP contribution in [0.2, 0.25) is 5.02 Å². The number of benzene rings is 3. The van der Waals surface area contributed by atoms with Gasteiger partial charge in [-0.25, -0.2) is 0 Å². The van der Waals surface area contributed by atoms with E-state index in [1.165, 1.54) is 6.92 Å². The van der Waals surface area contributed by atoms with Gasteiger partial charge in [-0.1, -0.05) is 66.2 Å². The summed E-state index contributed by atoms with van der Waals surface area (Å²) in [4.78, 5) is 43.8. The molecule has 0 aliphatic carbocycles. The summed E-state index contributed by atoms with van der Waals surface area (Å²) in [5, 5.41) is 3.33. The standard InChI is InChI=1S/C29H23ClN2O3/c1-16-15-24-29(20-11-5-7-13-22(20)31-28(29)35)25(27(34)19-10-3-6-12-21(19)30)26(17(2)33)32(24)23-14-8-4-9-18(16)23/h3-15,24-26H,1-2H3,(H,31,35)/t24-,25+,26+,29+/m0/s1. The first-order valence-electron chi connectivity index (χ1n) is 11.6. The molecule has 174 valence electrons. The molecular weight excluding hydrogens is 460 g/mol. The average Bonchev–Trinajstić information content (AvgIpc) is 3.32. The van der Waals surface area contributed by atoms with Gasteiger partial charge in [0.15, 0.2) is 11.6 Å². The number of fused-ring (bicyclic) bond motifs is 6. The molecule has 3 heterocycles. The lowest BCUT2D eigenvalue weighted by molar-refractivity contribution is -0.122. The van der Waals surface area contributed by atoms with Crippen LogP contribution in [-0.2, 0) is 15.0 Å². The fraction of sp³-hybridized carbons (Fsp3) is 0.207. The van der Waals surface area contributed by atoms with Crippen molar-refractivity contribution in [3.8, 4) is 0 Å². The van der Waals surface area contributed by atoms with E-state index in [1.54, 1.807) is 24.3 Å². The van der Waals surface area contributed by atoms with Gasteiger partial charge in [0.25, 0.3) is 0 Å². The third-order valence-corrected chi connectivity index (χ3v) is 8.05. The zero-order valence-corrected chi connectivity index (χ0v) is 20.0. The Hall–Kier alpha value is -3.70. The van der Waals surface area contributed by atoms with E-state index in [9.17, 15) is 14.4 Å². The molecule has 6 rings (SSSR count). The lowest BCUT2D eigenvalue weighted by atomic mass is 9.64. The molecule has 35 heavy (non-hydrogen) atoms. The first kappa shape index (κ1) is 21.8. The minimum Gasteiger partial charge on any atom is -0.352 e. The number of nitrogens with one attached hydrogen (secondary N) is 1. The van der Waals surface area contributed by atoms with Gasteiger partial charge >= 0.3 is 0 Å². The Bertz CT molecular complexity index is 1460. The SMILES string of the molecule is CC(=O)[C@@H]1[C@H](C(=O)c2ccccc2Cl)[C@]2(C(=O)Nc3ccccc32)[C@@H]2C=C(C)c3ccccc3N12. The number of para-hydroxylation sites is 2. The number of rotatable bonds is 3. The van der Waals surface area contributed by atoms with E-state index in [0.29, 0.717) is 16.3 Å². The fourth-order valence-electron chi connectivity index (χ4n) is 6.37. The predicted octanol–water partition coefficient (Wildman–Crippen LogP) is 5.29. The molecule has 3 aromatic carbocycles. The molecule has 0 unspecified atom stereocenters. The Balaban J connectivity index is 1.70. The zero-order valence-electron chi connectivity index (χ0n) is 19.3. The normalized spacial score (nSPS) is 26.0. The molecule has 1 spiro atoms. The Morgan fingerprint density at radius 3 is 2.43 bits per heavy atom. The van der Waals surface area contributed by atoms with E-state index in [2.05, 4.69) is 5.32 Å². The lowest BCUT2D eigenvalue weighted by Gasteiger charge is -2.39. The number of halogens is 1. The number of hydrogen-bond donors (Lipinski definition) is 1. The fourth-order valence-corrected chi connectivity index (χ4v) is 6.60. The third kappa shape index (κ3) is 2.79. The second-order valence-corrected chi connectivity index (χ2v) is 9.87. The number of carbonyl (C=O) groups excluding carboxylic acids is 3. The van der Waals surface area contributed by atoms with Gasteiger partial charge in [0.2, 0.25) is 5.91 Å². The highest BCUT2D eigenvalue weighted by Crippen LogP contribution is 2.58. The van der Waals surface area contributed by atoms with Crippen LogP contribution in [0.15, 0.2) is 78.9 Å². The van der Waals surface area contributed by atoms with Crippen LogP contribution in [0.3, 0.4) is 0 Å². The maximum atomic E-state index is 14.4. The van der Waals surface area contributed by atoms with Gasteiger partial charge in [0.1, 0.15) is 5.41 Å². The van der Waals surface area contributed by atoms with Crippen molar-refractivity contribution in [1.29, 1.82) is 0 Å². The topological polar surface area (TPSA) is 66.5 Å². The average molecular weight is 483 g/mol. The van der Waals surface area contributed by atoms with Crippen LogP contribution in [0.25, 0.3) is 5.57 Å². The van der Waals surface area contributed by atoms with Gasteiger partial charge in [0, 0.05) is 22.5 Å². The van der Waals surface area contributed by atoms with Crippen molar-refractivity contribution >= 4 is 46.0 Å². The number of ketones is 2. The van der Waals surface area contributed by atoms with Crippen LogP contribution < -0.4 is 10.2 Å². The van der Waals surface area contributed by atoms with Gasteiger partial charge in [-0.15, -0.1) is 0 Å². The molecule has 1 amide bonds. The summed E-state index contributed by atoms with van der Waals surface area (Å²) in [5.74, 6) is -1.71. The summed E-state index contributed by atoms with van der Waals surface area (Å²) in [6.07, 6.45) is 2.04. The van der Waals surface area contributed by atoms with E-state index >= 15 is 0 Å². The number of allylic oxidation sites excluding steroid dienone is 1. The van der Waals surface area contributed by atoms with Crippen LogP contribution in [0.1, 0.15) is 35.3 Å². The smallest absolute Gasteiger partial charge is 0.238 e. The van der Waals surface area contributed by atoms with Gasteiger partial charge in [-0.05, 0) is 49.2 Å². The molecule has 3 aromatic rings. The number of nitrogens with zero attached hydrogens (tertiary/aromatic N) is 1. The number of anilines is 2. The van der Waals surface area contributed by atoms with E-state index in [0.717, 1.165) is 22.4 Å². The second-order valence-electron chi connectivity index (χ2n) is 9.46. The van der Waals surface area contributed by atoms with Crippen molar-refractivity contribution in [3.63, 3.8) is 0 Å². The minimum atomic E-state index is -1.29. The molecule has 4 atom stereocenters. The van der Waals surface area contributed by atoms with Crippen molar-refractivity contribution in [3.05, 3.63) is 101 Å². The first-order chi connectivity index (χ1) is 16.9. The molecule has 0 saturated carbocycles. The van der Waals surface area contributed by atoms with Crippen LogP contribution in [0.5, 0.6) is 0 Å². The van der Waals surface area contributed by atoms with E-state index < -0.39 is 23.4 Å². The highest BCUT2D eigenvalue weighted by atomic mass is 35.5. The summed E-state index contributed by atoms with van der Waals surface area (Å²) in [7, 11) is 0. The molecule has 6 heteroatoms. The molecule has 0 radical (unpaired) electrons. The van der Waals surface area contributed by atoms with Gasteiger partial charge in [-0.3, -0.25) is 14.4 Å². The van der Waals surface area contributed by atoms with Gasteiger partial charge in [0.05, 0.1) is 23.0 Å². The predicted molar refractivity (Wildman–Crippen MR) is 137 cm³/mol. The van der Waals surface area contributed by atoms with Crippen LogP contribution in [-0.4, -0.2) is 29.6 Å². The third-order valence-electron chi connectivity index (χ3n) is 7.72. The highest BCUT2D eigenvalue weighted by molar-refractivity contribution is 6.34. The Kier molecular flexibility index (Phi) is 4.77. The summed E-state index contributed by atoms with van der Waals surface area (Å²) >= 11 is 6.48. The minimum absolute atomic E-state index is 0.169. The van der Waals surface area contributed by atoms with Crippen molar-refractivity contribution < 1.29 is 14.4 Å². The number of amides is 1. The maximum absolute atomic E-state index is 14.4. The molecule has 1 fully saturated rings. The summed E-state index contributed by atoms with van der Waals surface area (Å²) in [5.41, 5.74) is 3.27. The Labute approximate surface area is 208 Å². The molecule has 3 aliphatic rings. The first-order valence-corrected chi connectivity index (χ1v) is 12.0. The van der Waals surface area contributed by atoms with E-state index in [1.807, 2.05) is 66.4 Å². The maximum Gasteiger partial charge on any atom is 0.238 e. The lowest BCUT2D eigenvalue weighted by Crippen LogP contribution is -2.51. The highest BCUT2D eigenvalue weighted by Gasteiger charge is 2.70. The van der Waals surface area contributed by atoms with Gasteiger partial charge in [-0.2, -0.15) is 0 Å². The van der Waals surface area contributed by atoms with Gasteiger partial charge < -0.3 is 10.2 Å². The second kappa shape index (κ2) is 7.65. The summed E-state index contributed by atoms with van der Waals surface area (Å²) in [6, 6.07) is 20.8. The molecule has 5 nitrogen and oxygen atoms in total. The summed E-state index contributed by atoms with van der Waals surface area (Å²) < 4.78 is 0. The van der Waals surface area contributed by atoms with Crippen molar-refractivity contribution in [2.24, 2.45) is 5.92 Å². The largest absolute Gasteiger partial charge is 0.352 e. The van der Waals surface area contributed by atoms with E-state index in [-0.39, 0.29) is 17.5 Å². The Morgan fingerprint density at radius 1 is 0.971 bits per heavy atom. The quantitative estimate of drug-likeness (QED) is 0.515. The zero-order chi connectivity index (χ0) is 24.5. The molecule has 3 aliphatic heterocycles.